The lowest BCUT2D eigenvalue weighted by molar-refractivity contribution is -0.0159. The molecule has 6 nitrogen and oxygen atoms in total. The van der Waals surface area contributed by atoms with Crippen LogP contribution < -0.4 is 21.5 Å². The number of carbonyl (C=O) groups is 1. The normalized spacial score (nSPS) is 18.3. The van der Waals surface area contributed by atoms with E-state index in [1.165, 1.54) is 0 Å². The molecule has 1 aliphatic heterocycles. The summed E-state index contributed by atoms with van der Waals surface area (Å²) in [6.07, 6.45) is 0.114. The van der Waals surface area contributed by atoms with Crippen LogP contribution in [0.1, 0.15) is 22.8 Å². The second-order valence-corrected chi connectivity index (χ2v) is 6.57. The van der Waals surface area contributed by atoms with Crippen LogP contribution in [-0.2, 0) is 4.74 Å². The molecule has 0 aliphatic carbocycles. The zero-order valence-corrected chi connectivity index (χ0v) is 14.9. The quantitative estimate of drug-likeness (QED) is 0.542. The van der Waals surface area contributed by atoms with E-state index >= 15 is 0 Å². The number of nitrogen functional groups attached to an aromatic ring is 2. The van der Waals surface area contributed by atoms with E-state index in [9.17, 15) is 4.79 Å². The summed E-state index contributed by atoms with van der Waals surface area (Å²) in [6, 6.07) is 12.1. The van der Waals surface area contributed by atoms with E-state index in [0.29, 0.717) is 41.5 Å². The van der Waals surface area contributed by atoms with E-state index in [1.54, 1.807) is 30.3 Å². The number of ketones is 1. The molecule has 2 aromatic carbocycles. The van der Waals surface area contributed by atoms with Gasteiger partial charge in [0.25, 0.3) is 0 Å². The highest BCUT2D eigenvalue weighted by Crippen LogP contribution is 2.25. The smallest absolute Gasteiger partial charge is 0.196 e. The summed E-state index contributed by atoms with van der Waals surface area (Å²) in [6.45, 7) is 4.97. The van der Waals surface area contributed by atoms with Crippen molar-refractivity contribution in [2.75, 3.05) is 37.8 Å². The van der Waals surface area contributed by atoms with Crippen LogP contribution in [-0.4, -0.2) is 38.2 Å². The molecule has 1 fully saturated rings. The summed E-state index contributed by atoms with van der Waals surface area (Å²) >= 11 is 0. The number of benzene rings is 2. The van der Waals surface area contributed by atoms with Crippen molar-refractivity contribution >= 4 is 17.2 Å². The minimum absolute atomic E-state index is 0.114. The van der Waals surface area contributed by atoms with Gasteiger partial charge in [-0.15, -0.1) is 0 Å². The number of ether oxygens (including phenoxy) is 2. The van der Waals surface area contributed by atoms with Gasteiger partial charge in [0.2, 0.25) is 0 Å². The molecule has 3 rings (SSSR count). The fraction of sp³-hybridized carbons (Fsp3) is 0.350. The van der Waals surface area contributed by atoms with Crippen molar-refractivity contribution in [3.63, 3.8) is 0 Å². The lowest BCUT2D eigenvalue weighted by atomic mass is 10.0. The number of para-hydroxylation sites is 1. The van der Waals surface area contributed by atoms with Crippen LogP contribution in [0.15, 0.2) is 42.5 Å². The predicted molar refractivity (Wildman–Crippen MR) is 102 cm³/mol. The number of rotatable bonds is 6. The molecule has 0 bridgehead atoms. The minimum Gasteiger partial charge on any atom is -0.492 e. The molecule has 2 aromatic rings. The molecule has 1 aliphatic rings. The van der Waals surface area contributed by atoms with Crippen molar-refractivity contribution in [3.05, 3.63) is 53.6 Å². The molecule has 138 valence electrons. The molecule has 2 unspecified atom stereocenters. The Kier molecular flexibility index (Phi) is 5.75. The molecule has 6 heteroatoms. The Morgan fingerprint density at radius 1 is 1.27 bits per heavy atom. The molecular formula is C20H25N3O3. The first-order valence-corrected chi connectivity index (χ1v) is 8.80. The zero-order chi connectivity index (χ0) is 18.5. The van der Waals surface area contributed by atoms with Gasteiger partial charge in [0, 0.05) is 24.6 Å². The molecule has 1 saturated heterocycles. The number of carbonyl (C=O) groups excluding carboxylic acids is 1. The van der Waals surface area contributed by atoms with Crippen LogP contribution >= 0.6 is 0 Å². The summed E-state index contributed by atoms with van der Waals surface area (Å²) in [4.78, 5) is 12.9. The highest BCUT2D eigenvalue weighted by molar-refractivity contribution is 6.11. The second kappa shape index (κ2) is 8.21. The van der Waals surface area contributed by atoms with Gasteiger partial charge in [0.15, 0.2) is 5.78 Å². The summed E-state index contributed by atoms with van der Waals surface area (Å²) < 4.78 is 11.7. The van der Waals surface area contributed by atoms with Crippen LogP contribution in [0.25, 0.3) is 0 Å². The first-order valence-electron chi connectivity index (χ1n) is 8.80. The molecule has 1 heterocycles. The standard InChI is InChI=1S/C20H25N3O3/c1-13(19-11-23-8-9-25-19)12-26-18-5-3-2-4-15(18)20(24)14-6-7-16(21)17(22)10-14/h2-7,10,13,19,23H,8-9,11-12,21-22H2,1H3. The lowest BCUT2D eigenvalue weighted by Gasteiger charge is -2.28. The Bertz CT molecular complexity index is 773. The highest BCUT2D eigenvalue weighted by atomic mass is 16.5. The van der Waals surface area contributed by atoms with Crippen LogP contribution in [0, 0.1) is 5.92 Å². The monoisotopic (exact) mass is 355 g/mol. The maximum atomic E-state index is 12.9. The lowest BCUT2D eigenvalue weighted by Crippen LogP contribution is -2.43. The van der Waals surface area contributed by atoms with Gasteiger partial charge in [0.05, 0.1) is 36.3 Å². The van der Waals surface area contributed by atoms with Gasteiger partial charge in [-0.2, -0.15) is 0 Å². The van der Waals surface area contributed by atoms with E-state index in [1.807, 2.05) is 12.1 Å². The third-order valence-corrected chi connectivity index (χ3v) is 4.57. The fourth-order valence-electron chi connectivity index (χ4n) is 2.93. The molecule has 0 radical (unpaired) electrons. The van der Waals surface area contributed by atoms with Gasteiger partial charge in [-0.05, 0) is 30.3 Å². The van der Waals surface area contributed by atoms with Gasteiger partial charge in [-0.25, -0.2) is 0 Å². The van der Waals surface area contributed by atoms with E-state index in [2.05, 4.69) is 12.2 Å². The first kappa shape index (κ1) is 18.2. The van der Waals surface area contributed by atoms with Crippen molar-refractivity contribution < 1.29 is 14.3 Å². The van der Waals surface area contributed by atoms with Crippen molar-refractivity contribution in [3.8, 4) is 5.75 Å². The van der Waals surface area contributed by atoms with Crippen LogP contribution in [0.4, 0.5) is 11.4 Å². The van der Waals surface area contributed by atoms with E-state index in [4.69, 9.17) is 20.9 Å². The van der Waals surface area contributed by atoms with Gasteiger partial charge in [-0.1, -0.05) is 19.1 Å². The van der Waals surface area contributed by atoms with E-state index in [-0.39, 0.29) is 17.8 Å². The van der Waals surface area contributed by atoms with Crippen LogP contribution in [0.5, 0.6) is 5.75 Å². The topological polar surface area (TPSA) is 99.6 Å². The van der Waals surface area contributed by atoms with Gasteiger partial charge in [-0.3, -0.25) is 4.79 Å². The van der Waals surface area contributed by atoms with Crippen LogP contribution in [0.3, 0.4) is 0 Å². The number of nitrogens with two attached hydrogens (primary N) is 2. The largest absolute Gasteiger partial charge is 0.492 e. The fourth-order valence-corrected chi connectivity index (χ4v) is 2.93. The Balaban J connectivity index is 1.73. The summed E-state index contributed by atoms with van der Waals surface area (Å²) in [5.41, 5.74) is 13.4. The van der Waals surface area contributed by atoms with E-state index in [0.717, 1.165) is 13.1 Å². The summed E-state index contributed by atoms with van der Waals surface area (Å²) in [5, 5.41) is 3.32. The van der Waals surface area contributed by atoms with Gasteiger partial charge in [0.1, 0.15) is 5.75 Å². The SMILES string of the molecule is CC(COc1ccccc1C(=O)c1ccc(N)c(N)c1)C1CNCCO1. The number of hydrogen-bond donors (Lipinski definition) is 3. The van der Waals surface area contributed by atoms with Crippen molar-refractivity contribution in [1.29, 1.82) is 0 Å². The maximum absolute atomic E-state index is 12.9. The molecule has 0 aromatic heterocycles. The Hall–Kier alpha value is -2.57. The summed E-state index contributed by atoms with van der Waals surface area (Å²) in [5.74, 6) is 0.622. The third-order valence-electron chi connectivity index (χ3n) is 4.57. The molecule has 26 heavy (non-hydrogen) atoms. The van der Waals surface area contributed by atoms with Crippen molar-refractivity contribution in [1.82, 2.24) is 5.32 Å². The van der Waals surface area contributed by atoms with Crippen molar-refractivity contribution in [2.45, 2.75) is 13.0 Å². The second-order valence-electron chi connectivity index (χ2n) is 6.57. The first-order chi connectivity index (χ1) is 12.6. The zero-order valence-electron chi connectivity index (χ0n) is 14.9. The molecular weight excluding hydrogens is 330 g/mol. The predicted octanol–water partition coefficient (Wildman–Crippen LogP) is 2.09. The average molecular weight is 355 g/mol. The Morgan fingerprint density at radius 2 is 2.08 bits per heavy atom. The molecule has 5 N–H and O–H groups in total. The number of nitrogens with one attached hydrogen (secondary N) is 1. The van der Waals surface area contributed by atoms with E-state index < -0.39 is 0 Å². The number of morpholine rings is 1. The molecule has 0 amide bonds. The summed E-state index contributed by atoms with van der Waals surface area (Å²) in [7, 11) is 0. The average Bonchev–Trinajstić information content (AvgIpc) is 2.68. The molecule has 2 atom stereocenters. The Labute approximate surface area is 153 Å². The van der Waals surface area contributed by atoms with Crippen LogP contribution in [0.2, 0.25) is 0 Å². The minimum atomic E-state index is -0.143. The number of hydrogen-bond acceptors (Lipinski definition) is 6. The van der Waals surface area contributed by atoms with Crippen molar-refractivity contribution in [2.24, 2.45) is 5.92 Å². The molecule has 0 saturated carbocycles. The maximum Gasteiger partial charge on any atom is 0.196 e. The third kappa shape index (κ3) is 4.15. The molecule has 0 spiro atoms. The number of anilines is 2. The van der Waals surface area contributed by atoms with Gasteiger partial charge < -0.3 is 26.3 Å². The Morgan fingerprint density at radius 3 is 2.81 bits per heavy atom. The van der Waals surface area contributed by atoms with Gasteiger partial charge >= 0.3 is 0 Å². The highest BCUT2D eigenvalue weighted by Gasteiger charge is 2.22.